The van der Waals surface area contributed by atoms with E-state index in [1.165, 1.54) is 0 Å². The molecule has 0 aromatic heterocycles. The number of rotatable bonds is 2. The van der Waals surface area contributed by atoms with Crippen molar-refractivity contribution in [3.05, 3.63) is 12.3 Å². The molecule has 0 aromatic carbocycles. The monoisotopic (exact) mass is 135 g/mol. The summed E-state index contributed by atoms with van der Waals surface area (Å²) in [6, 6.07) is 0. The summed E-state index contributed by atoms with van der Waals surface area (Å²) in [6.07, 6.45) is 9.84. The first kappa shape index (κ1) is 6.88. The Kier molecular flexibility index (Phi) is 2.11. The average Bonchev–Trinajstić information content (AvgIpc) is 2.31. The first-order valence-electron chi connectivity index (χ1n) is 3.24. The highest BCUT2D eigenvalue weighted by molar-refractivity contribution is 5.81. The molecule has 1 rings (SSSR count). The Morgan fingerprint density at radius 3 is 3.10 bits per heavy atom. The summed E-state index contributed by atoms with van der Waals surface area (Å²) in [5, 5.41) is 0. The second-order valence-corrected chi connectivity index (χ2v) is 2.13. The summed E-state index contributed by atoms with van der Waals surface area (Å²) in [7, 11) is 0. The van der Waals surface area contributed by atoms with Crippen LogP contribution in [-0.4, -0.2) is 17.4 Å². The van der Waals surface area contributed by atoms with Crippen molar-refractivity contribution >= 4 is 5.91 Å². The van der Waals surface area contributed by atoms with E-state index in [0.717, 1.165) is 0 Å². The topological polar surface area (TPSA) is 20.3 Å². The molecule has 0 N–H and O–H groups in total. The Morgan fingerprint density at radius 2 is 2.60 bits per heavy atom. The fourth-order valence-electron chi connectivity index (χ4n) is 0.865. The lowest BCUT2D eigenvalue weighted by atomic mass is 10.4. The molecule has 1 heterocycles. The van der Waals surface area contributed by atoms with Crippen LogP contribution >= 0.6 is 0 Å². The minimum atomic E-state index is 0.148. The summed E-state index contributed by atoms with van der Waals surface area (Å²) in [6.45, 7) is 0.659. The van der Waals surface area contributed by atoms with Crippen LogP contribution in [0.25, 0.3) is 0 Å². The lowest BCUT2D eigenvalue weighted by Gasteiger charge is -2.09. The van der Waals surface area contributed by atoms with E-state index in [1.807, 2.05) is 6.08 Å². The maximum atomic E-state index is 10.9. The lowest BCUT2D eigenvalue weighted by molar-refractivity contribution is -0.126. The van der Waals surface area contributed by atoms with Gasteiger partial charge in [0.1, 0.15) is 0 Å². The molecular weight excluding hydrogens is 126 g/mol. The fraction of sp³-hybridized carbons (Fsp3) is 0.375. The molecule has 1 aliphatic rings. The molecule has 0 bridgehead atoms. The van der Waals surface area contributed by atoms with Gasteiger partial charge in [0.2, 0.25) is 5.91 Å². The van der Waals surface area contributed by atoms with Gasteiger partial charge in [0.05, 0.1) is 0 Å². The molecule has 0 fully saturated rings. The average molecular weight is 135 g/mol. The van der Waals surface area contributed by atoms with Gasteiger partial charge in [-0.2, -0.15) is 0 Å². The molecular formula is C8H9NO. The molecule has 0 saturated heterocycles. The van der Waals surface area contributed by atoms with Gasteiger partial charge in [0.25, 0.3) is 0 Å². The van der Waals surface area contributed by atoms with Crippen molar-refractivity contribution in [2.24, 2.45) is 0 Å². The number of carbonyl (C=O) groups is 1. The van der Waals surface area contributed by atoms with Crippen LogP contribution in [-0.2, 0) is 4.79 Å². The van der Waals surface area contributed by atoms with Crippen LogP contribution in [0.5, 0.6) is 0 Å². The summed E-state index contributed by atoms with van der Waals surface area (Å²) < 4.78 is 0. The molecule has 52 valence electrons. The van der Waals surface area contributed by atoms with Gasteiger partial charge >= 0.3 is 0 Å². The number of hydrogen-bond acceptors (Lipinski definition) is 1. The zero-order valence-electron chi connectivity index (χ0n) is 5.71. The number of nitrogens with zero attached hydrogens (tertiary/aromatic N) is 1. The normalized spacial score (nSPS) is 15.9. The van der Waals surface area contributed by atoms with Crippen molar-refractivity contribution in [1.82, 2.24) is 4.90 Å². The van der Waals surface area contributed by atoms with Crippen LogP contribution in [0.2, 0.25) is 0 Å². The van der Waals surface area contributed by atoms with Crippen LogP contribution in [0.4, 0.5) is 0 Å². The third kappa shape index (κ3) is 1.38. The quantitative estimate of drug-likeness (QED) is 0.512. The molecule has 1 amide bonds. The van der Waals surface area contributed by atoms with Crippen LogP contribution < -0.4 is 0 Å². The van der Waals surface area contributed by atoms with Crippen molar-refractivity contribution in [2.45, 2.75) is 12.8 Å². The Balaban J connectivity index is 2.35. The smallest absolute Gasteiger partial charge is 0.230 e. The van der Waals surface area contributed by atoms with E-state index in [9.17, 15) is 4.79 Å². The summed E-state index contributed by atoms with van der Waals surface area (Å²) in [5.41, 5.74) is 0. The molecule has 1 aliphatic heterocycles. The maximum absolute atomic E-state index is 10.9. The van der Waals surface area contributed by atoms with Gasteiger partial charge in [0.15, 0.2) is 0 Å². The van der Waals surface area contributed by atoms with E-state index in [-0.39, 0.29) is 5.91 Å². The third-order valence-corrected chi connectivity index (χ3v) is 1.40. The van der Waals surface area contributed by atoms with Crippen molar-refractivity contribution in [2.75, 3.05) is 6.54 Å². The first-order valence-corrected chi connectivity index (χ1v) is 3.24. The van der Waals surface area contributed by atoms with Gasteiger partial charge in [-0.05, 0) is 0 Å². The Morgan fingerprint density at radius 1 is 1.80 bits per heavy atom. The highest BCUT2D eigenvalue weighted by Gasteiger charge is 2.12. The van der Waals surface area contributed by atoms with Gasteiger partial charge in [-0.15, -0.1) is 12.3 Å². The summed E-state index contributed by atoms with van der Waals surface area (Å²) >= 11 is 0. The fourth-order valence-corrected chi connectivity index (χ4v) is 0.865. The Hall–Kier alpha value is -1.23. The third-order valence-electron chi connectivity index (χ3n) is 1.40. The standard InChI is InChI=1S/C8H9NO/c1-2-3-6-9-7-4-5-8(9)10/h1,4,7H,3,5-6H2. The van der Waals surface area contributed by atoms with Gasteiger partial charge in [-0.25, -0.2) is 0 Å². The van der Waals surface area contributed by atoms with Crippen LogP contribution in [0, 0.1) is 12.3 Å². The maximum Gasteiger partial charge on any atom is 0.230 e. The number of carbonyl (C=O) groups excluding carboxylic acids is 1. The zero-order chi connectivity index (χ0) is 7.40. The van der Waals surface area contributed by atoms with Crippen molar-refractivity contribution in [3.8, 4) is 12.3 Å². The van der Waals surface area contributed by atoms with Crippen LogP contribution in [0.1, 0.15) is 12.8 Å². The predicted molar refractivity (Wildman–Crippen MR) is 38.9 cm³/mol. The van der Waals surface area contributed by atoms with Crippen molar-refractivity contribution < 1.29 is 4.79 Å². The molecule has 0 aromatic rings. The van der Waals surface area contributed by atoms with E-state index in [1.54, 1.807) is 11.1 Å². The molecule has 0 spiro atoms. The molecule has 0 radical (unpaired) electrons. The Labute approximate surface area is 60.5 Å². The summed E-state index contributed by atoms with van der Waals surface area (Å²) in [5.74, 6) is 2.64. The highest BCUT2D eigenvalue weighted by atomic mass is 16.2. The summed E-state index contributed by atoms with van der Waals surface area (Å²) in [4.78, 5) is 12.5. The zero-order valence-corrected chi connectivity index (χ0v) is 5.71. The largest absolute Gasteiger partial charge is 0.318 e. The van der Waals surface area contributed by atoms with E-state index in [4.69, 9.17) is 6.42 Å². The molecule has 0 aliphatic carbocycles. The molecule has 0 atom stereocenters. The predicted octanol–water partition coefficient (Wildman–Crippen LogP) is 0.756. The number of amides is 1. The Bertz CT molecular complexity index is 200. The first-order chi connectivity index (χ1) is 4.84. The van der Waals surface area contributed by atoms with Gasteiger partial charge in [0, 0.05) is 25.6 Å². The number of hydrogen-bond donors (Lipinski definition) is 0. The molecule has 0 saturated carbocycles. The van der Waals surface area contributed by atoms with Crippen LogP contribution in [0.15, 0.2) is 12.3 Å². The second kappa shape index (κ2) is 3.07. The van der Waals surface area contributed by atoms with E-state index < -0.39 is 0 Å². The van der Waals surface area contributed by atoms with Gasteiger partial charge < -0.3 is 4.90 Å². The highest BCUT2D eigenvalue weighted by Crippen LogP contribution is 2.05. The molecule has 2 nitrogen and oxygen atoms in total. The van der Waals surface area contributed by atoms with Gasteiger partial charge in [-0.1, -0.05) is 6.08 Å². The molecule has 2 heteroatoms. The van der Waals surface area contributed by atoms with Crippen molar-refractivity contribution in [3.63, 3.8) is 0 Å². The molecule has 0 unspecified atom stereocenters. The minimum absolute atomic E-state index is 0.148. The number of terminal acetylenes is 1. The van der Waals surface area contributed by atoms with E-state index in [2.05, 4.69) is 5.92 Å². The van der Waals surface area contributed by atoms with Crippen molar-refractivity contribution in [1.29, 1.82) is 0 Å². The minimum Gasteiger partial charge on any atom is -0.318 e. The second-order valence-electron chi connectivity index (χ2n) is 2.13. The lowest BCUT2D eigenvalue weighted by Crippen LogP contribution is -2.21. The van der Waals surface area contributed by atoms with Crippen LogP contribution in [0.3, 0.4) is 0 Å². The van der Waals surface area contributed by atoms with Gasteiger partial charge in [-0.3, -0.25) is 4.79 Å². The SMILES string of the molecule is C#CCCN1C=CCC1=O. The van der Waals surface area contributed by atoms with E-state index in [0.29, 0.717) is 19.4 Å². The molecule has 10 heavy (non-hydrogen) atoms. The van der Waals surface area contributed by atoms with E-state index >= 15 is 0 Å².